The van der Waals surface area contributed by atoms with Crippen LogP contribution in [0.1, 0.15) is 10.4 Å². The highest BCUT2D eigenvalue weighted by Gasteiger charge is 2.21. The number of hydrogen-bond acceptors (Lipinski definition) is 5. The first kappa shape index (κ1) is 13.7. The molecule has 0 atom stereocenters. The number of benzene rings is 1. The smallest absolute Gasteiger partial charge is 0.261 e. The maximum Gasteiger partial charge on any atom is 0.261 e. The largest absolute Gasteiger partial charge is 0.493 e. The standard InChI is InChI=1S/C13H15N3O4/c1-18-9-5-4-8(10(19-2)11(9)20-3)12(17)16-13-14-6-7-15-13/h4-7H,1-3H3,(H2,14,15,16,17). The minimum atomic E-state index is -0.363. The molecule has 7 nitrogen and oxygen atoms in total. The second kappa shape index (κ2) is 5.96. The molecule has 7 heteroatoms. The van der Waals surface area contributed by atoms with Crippen LogP contribution in [0.15, 0.2) is 24.5 Å². The van der Waals surface area contributed by atoms with Crippen molar-refractivity contribution in [3.05, 3.63) is 30.1 Å². The number of hydrogen-bond donors (Lipinski definition) is 2. The number of H-pyrrole nitrogens is 1. The van der Waals surface area contributed by atoms with Crippen LogP contribution in [0.5, 0.6) is 17.2 Å². The van der Waals surface area contributed by atoms with Crippen LogP contribution in [0.3, 0.4) is 0 Å². The summed E-state index contributed by atoms with van der Waals surface area (Å²) in [5.41, 5.74) is 0.321. The summed E-state index contributed by atoms with van der Waals surface area (Å²) in [7, 11) is 4.45. The molecule has 0 aliphatic carbocycles. The average molecular weight is 277 g/mol. The van der Waals surface area contributed by atoms with Gasteiger partial charge in [0.2, 0.25) is 11.7 Å². The Morgan fingerprint density at radius 2 is 1.90 bits per heavy atom. The molecule has 2 rings (SSSR count). The summed E-state index contributed by atoms with van der Waals surface area (Å²) in [5, 5.41) is 2.62. The molecule has 1 heterocycles. The van der Waals surface area contributed by atoms with Crippen molar-refractivity contribution in [3.63, 3.8) is 0 Å². The number of nitrogens with zero attached hydrogens (tertiary/aromatic N) is 1. The molecule has 1 amide bonds. The third-order valence-corrected chi connectivity index (χ3v) is 2.68. The SMILES string of the molecule is COc1ccc(C(=O)Nc2ncc[nH]2)c(OC)c1OC. The molecule has 0 aliphatic heterocycles. The van der Waals surface area contributed by atoms with E-state index >= 15 is 0 Å². The van der Waals surface area contributed by atoms with E-state index in [0.717, 1.165) is 0 Å². The Bertz CT molecular complexity index is 596. The molecule has 106 valence electrons. The molecule has 0 unspecified atom stereocenters. The fraction of sp³-hybridized carbons (Fsp3) is 0.231. The number of rotatable bonds is 5. The molecule has 1 aromatic carbocycles. The lowest BCUT2D eigenvalue weighted by Crippen LogP contribution is -2.14. The molecular formula is C13H15N3O4. The molecule has 0 saturated heterocycles. The first-order valence-electron chi connectivity index (χ1n) is 5.81. The number of imidazole rings is 1. The van der Waals surface area contributed by atoms with Gasteiger partial charge in [0.05, 0.1) is 26.9 Å². The zero-order chi connectivity index (χ0) is 14.5. The zero-order valence-corrected chi connectivity index (χ0v) is 11.4. The predicted molar refractivity (Wildman–Crippen MR) is 72.6 cm³/mol. The molecule has 0 radical (unpaired) electrons. The Labute approximate surface area is 115 Å². The second-order valence-corrected chi connectivity index (χ2v) is 3.77. The van der Waals surface area contributed by atoms with Gasteiger partial charge in [-0.3, -0.25) is 10.1 Å². The fourth-order valence-electron chi connectivity index (χ4n) is 1.79. The van der Waals surface area contributed by atoms with E-state index < -0.39 is 0 Å². The summed E-state index contributed by atoms with van der Waals surface area (Å²) >= 11 is 0. The summed E-state index contributed by atoms with van der Waals surface area (Å²) in [5.74, 6) is 1.14. The van der Waals surface area contributed by atoms with Crippen molar-refractivity contribution in [1.29, 1.82) is 0 Å². The van der Waals surface area contributed by atoms with Crippen LogP contribution in [0.2, 0.25) is 0 Å². The van der Waals surface area contributed by atoms with Gasteiger partial charge >= 0.3 is 0 Å². The van der Waals surface area contributed by atoms with E-state index in [1.807, 2.05) is 0 Å². The van der Waals surface area contributed by atoms with E-state index in [1.165, 1.54) is 21.3 Å². The molecule has 2 N–H and O–H groups in total. The van der Waals surface area contributed by atoms with Crippen LogP contribution in [0.25, 0.3) is 0 Å². The van der Waals surface area contributed by atoms with Gasteiger partial charge in [-0.05, 0) is 12.1 Å². The molecule has 0 fully saturated rings. The highest BCUT2D eigenvalue weighted by atomic mass is 16.5. The topological polar surface area (TPSA) is 85.5 Å². The Hall–Kier alpha value is -2.70. The van der Waals surface area contributed by atoms with Crippen LogP contribution in [-0.2, 0) is 0 Å². The molecule has 0 spiro atoms. The zero-order valence-electron chi connectivity index (χ0n) is 11.4. The Kier molecular flexibility index (Phi) is 4.09. The van der Waals surface area contributed by atoms with Crippen LogP contribution in [0.4, 0.5) is 5.95 Å². The molecule has 0 saturated carbocycles. The third-order valence-electron chi connectivity index (χ3n) is 2.68. The van der Waals surface area contributed by atoms with Gasteiger partial charge in [0.1, 0.15) is 0 Å². The van der Waals surface area contributed by atoms with E-state index in [9.17, 15) is 4.79 Å². The quantitative estimate of drug-likeness (QED) is 0.868. The molecule has 2 aromatic rings. The number of nitrogens with one attached hydrogen (secondary N) is 2. The van der Waals surface area contributed by atoms with Gasteiger partial charge in [0.25, 0.3) is 5.91 Å². The fourth-order valence-corrected chi connectivity index (χ4v) is 1.79. The average Bonchev–Trinajstić information content (AvgIpc) is 2.98. The van der Waals surface area contributed by atoms with E-state index in [1.54, 1.807) is 24.5 Å². The second-order valence-electron chi connectivity index (χ2n) is 3.77. The van der Waals surface area contributed by atoms with Crippen molar-refractivity contribution in [2.75, 3.05) is 26.6 Å². The minimum Gasteiger partial charge on any atom is -0.493 e. The first-order chi connectivity index (χ1) is 9.71. The highest BCUT2D eigenvalue weighted by Crippen LogP contribution is 2.39. The van der Waals surface area contributed by atoms with E-state index in [4.69, 9.17) is 14.2 Å². The van der Waals surface area contributed by atoms with Gasteiger partial charge in [0, 0.05) is 12.4 Å². The number of aromatic amines is 1. The lowest BCUT2D eigenvalue weighted by molar-refractivity contribution is 0.102. The summed E-state index contributed by atoms with van der Waals surface area (Å²) in [4.78, 5) is 18.9. The van der Waals surface area contributed by atoms with Crippen molar-refractivity contribution in [3.8, 4) is 17.2 Å². The minimum absolute atomic E-state index is 0.302. The first-order valence-corrected chi connectivity index (χ1v) is 5.81. The number of amides is 1. The number of ether oxygens (including phenoxy) is 3. The van der Waals surface area contributed by atoms with Gasteiger partial charge in [-0.15, -0.1) is 0 Å². The number of carbonyl (C=O) groups excluding carboxylic acids is 1. The van der Waals surface area contributed by atoms with Crippen molar-refractivity contribution < 1.29 is 19.0 Å². The molecule has 0 aliphatic rings. The third kappa shape index (κ3) is 2.51. The van der Waals surface area contributed by atoms with Crippen molar-refractivity contribution >= 4 is 11.9 Å². The Balaban J connectivity index is 2.38. The van der Waals surface area contributed by atoms with E-state index in [0.29, 0.717) is 28.8 Å². The van der Waals surface area contributed by atoms with Gasteiger partial charge < -0.3 is 19.2 Å². The van der Waals surface area contributed by atoms with Crippen LogP contribution < -0.4 is 19.5 Å². The summed E-state index contributed by atoms with van der Waals surface area (Å²) < 4.78 is 15.6. The van der Waals surface area contributed by atoms with Gasteiger partial charge in [-0.25, -0.2) is 4.98 Å². The van der Waals surface area contributed by atoms with Gasteiger partial charge in [-0.2, -0.15) is 0 Å². The lowest BCUT2D eigenvalue weighted by atomic mass is 10.1. The van der Waals surface area contributed by atoms with Gasteiger partial charge in [0.15, 0.2) is 11.5 Å². The lowest BCUT2D eigenvalue weighted by Gasteiger charge is -2.15. The summed E-state index contributed by atoms with van der Waals surface area (Å²) in [6.45, 7) is 0. The van der Waals surface area contributed by atoms with Crippen LogP contribution >= 0.6 is 0 Å². The molecular weight excluding hydrogens is 262 g/mol. The summed E-state index contributed by atoms with van der Waals surface area (Å²) in [6.07, 6.45) is 3.16. The number of anilines is 1. The molecule has 0 bridgehead atoms. The monoisotopic (exact) mass is 277 g/mol. The maximum atomic E-state index is 12.2. The van der Waals surface area contributed by atoms with E-state index in [-0.39, 0.29) is 5.91 Å². The van der Waals surface area contributed by atoms with Crippen molar-refractivity contribution in [1.82, 2.24) is 9.97 Å². The summed E-state index contributed by atoms with van der Waals surface area (Å²) in [6, 6.07) is 3.23. The van der Waals surface area contributed by atoms with Gasteiger partial charge in [-0.1, -0.05) is 0 Å². The van der Waals surface area contributed by atoms with E-state index in [2.05, 4.69) is 15.3 Å². The number of carbonyl (C=O) groups is 1. The highest BCUT2D eigenvalue weighted by molar-refractivity contribution is 6.06. The Morgan fingerprint density at radius 1 is 1.15 bits per heavy atom. The van der Waals surface area contributed by atoms with Crippen molar-refractivity contribution in [2.45, 2.75) is 0 Å². The number of aromatic nitrogens is 2. The molecule has 1 aromatic heterocycles. The normalized spacial score (nSPS) is 9.95. The van der Waals surface area contributed by atoms with Crippen LogP contribution in [0, 0.1) is 0 Å². The van der Waals surface area contributed by atoms with Crippen molar-refractivity contribution in [2.24, 2.45) is 0 Å². The Morgan fingerprint density at radius 3 is 2.45 bits per heavy atom. The number of methoxy groups -OCH3 is 3. The predicted octanol–water partition coefficient (Wildman–Crippen LogP) is 1.69. The molecule has 20 heavy (non-hydrogen) atoms. The van der Waals surface area contributed by atoms with Crippen LogP contribution in [-0.4, -0.2) is 37.2 Å². The maximum absolute atomic E-state index is 12.2.